The first kappa shape index (κ1) is 10.7. The van der Waals surface area contributed by atoms with Gasteiger partial charge in [-0.25, -0.2) is 4.39 Å². The molecule has 1 N–H and O–H groups in total. The molecule has 0 bridgehead atoms. The van der Waals surface area contributed by atoms with Crippen molar-refractivity contribution < 1.29 is 9.50 Å². The summed E-state index contributed by atoms with van der Waals surface area (Å²) in [4.78, 5) is 0. The van der Waals surface area contributed by atoms with Gasteiger partial charge in [-0.15, -0.1) is 5.92 Å². The number of halogens is 1. The van der Waals surface area contributed by atoms with Crippen LogP contribution in [-0.2, 0) is 0 Å². The van der Waals surface area contributed by atoms with Gasteiger partial charge in [-0.05, 0) is 31.5 Å². The molecule has 1 aromatic carbocycles. The Morgan fingerprint density at radius 1 is 1.29 bits per heavy atom. The van der Waals surface area contributed by atoms with Crippen LogP contribution in [-0.4, -0.2) is 5.11 Å². The predicted molar refractivity (Wildman–Crippen MR) is 54.0 cm³/mol. The lowest BCUT2D eigenvalue weighted by atomic mass is 9.98. The third-order valence-electron chi connectivity index (χ3n) is 2.06. The number of rotatable bonds is 2. The normalized spacial score (nSPS) is 14.0. The second-order valence-electron chi connectivity index (χ2n) is 3.18. The Morgan fingerprint density at radius 2 is 1.86 bits per heavy atom. The highest BCUT2D eigenvalue weighted by Gasteiger charge is 2.13. The van der Waals surface area contributed by atoms with Crippen LogP contribution in [0.15, 0.2) is 24.3 Å². The first-order valence-corrected chi connectivity index (χ1v) is 4.51. The second-order valence-corrected chi connectivity index (χ2v) is 3.18. The van der Waals surface area contributed by atoms with Gasteiger partial charge in [0, 0.05) is 5.92 Å². The maximum Gasteiger partial charge on any atom is 0.123 e. The van der Waals surface area contributed by atoms with Crippen LogP contribution in [0.25, 0.3) is 0 Å². The lowest BCUT2D eigenvalue weighted by Crippen LogP contribution is -2.06. The smallest absolute Gasteiger partial charge is 0.123 e. The molecule has 1 nitrogen and oxygen atoms in total. The van der Waals surface area contributed by atoms with Crippen LogP contribution in [0, 0.1) is 23.6 Å². The number of benzene rings is 1. The molecule has 0 aliphatic heterocycles. The average Bonchev–Trinajstić information content (AvgIpc) is 2.18. The van der Waals surface area contributed by atoms with Gasteiger partial charge >= 0.3 is 0 Å². The zero-order valence-electron chi connectivity index (χ0n) is 8.29. The quantitative estimate of drug-likeness (QED) is 0.714. The molecule has 0 unspecified atom stereocenters. The summed E-state index contributed by atoms with van der Waals surface area (Å²) in [6, 6.07) is 5.83. The van der Waals surface area contributed by atoms with E-state index in [0.29, 0.717) is 5.56 Å². The zero-order valence-corrected chi connectivity index (χ0v) is 8.29. The topological polar surface area (TPSA) is 20.2 Å². The lowest BCUT2D eigenvalue weighted by Gasteiger charge is -2.13. The molecule has 1 rings (SSSR count). The van der Waals surface area contributed by atoms with Crippen molar-refractivity contribution in [2.24, 2.45) is 5.92 Å². The number of hydrogen-bond donors (Lipinski definition) is 1. The van der Waals surface area contributed by atoms with Gasteiger partial charge in [0.15, 0.2) is 0 Å². The molecule has 2 atom stereocenters. The Hall–Kier alpha value is -1.33. The third-order valence-corrected chi connectivity index (χ3v) is 2.06. The van der Waals surface area contributed by atoms with Crippen molar-refractivity contribution in [3.63, 3.8) is 0 Å². The highest BCUT2D eigenvalue weighted by Crippen LogP contribution is 2.21. The van der Waals surface area contributed by atoms with Crippen LogP contribution >= 0.6 is 0 Å². The number of aliphatic hydroxyl groups is 1. The highest BCUT2D eigenvalue weighted by atomic mass is 19.1. The lowest BCUT2D eigenvalue weighted by molar-refractivity contribution is 0.143. The highest BCUT2D eigenvalue weighted by molar-refractivity contribution is 5.21. The molecular formula is C12H13FO. The first-order chi connectivity index (χ1) is 6.65. The molecule has 1 aromatic rings. The summed E-state index contributed by atoms with van der Waals surface area (Å²) in [5, 5.41) is 9.79. The maximum absolute atomic E-state index is 12.6. The molecule has 14 heavy (non-hydrogen) atoms. The summed E-state index contributed by atoms with van der Waals surface area (Å²) >= 11 is 0. The molecule has 0 aromatic heterocycles. The monoisotopic (exact) mass is 192 g/mol. The Balaban J connectivity index is 2.82. The Labute approximate surface area is 83.6 Å². The fraction of sp³-hybridized carbons (Fsp3) is 0.333. The van der Waals surface area contributed by atoms with Gasteiger partial charge in [-0.2, -0.15) is 0 Å². The van der Waals surface area contributed by atoms with Crippen LogP contribution in [0.1, 0.15) is 25.5 Å². The minimum Gasteiger partial charge on any atom is -0.387 e. The van der Waals surface area contributed by atoms with Crippen LogP contribution in [0.5, 0.6) is 0 Å². The van der Waals surface area contributed by atoms with Gasteiger partial charge in [0.1, 0.15) is 5.82 Å². The molecule has 2 heteroatoms. The molecule has 0 saturated carbocycles. The van der Waals surface area contributed by atoms with E-state index in [2.05, 4.69) is 11.8 Å². The summed E-state index contributed by atoms with van der Waals surface area (Å²) in [6.45, 7) is 3.57. The van der Waals surface area contributed by atoms with E-state index >= 15 is 0 Å². The Morgan fingerprint density at radius 3 is 2.36 bits per heavy atom. The molecule has 0 saturated heterocycles. The summed E-state index contributed by atoms with van der Waals surface area (Å²) in [5.74, 6) is 5.18. The van der Waals surface area contributed by atoms with E-state index in [-0.39, 0.29) is 11.7 Å². The summed E-state index contributed by atoms with van der Waals surface area (Å²) in [5.41, 5.74) is 0.696. The molecule has 0 amide bonds. The van der Waals surface area contributed by atoms with Crippen LogP contribution in [0.3, 0.4) is 0 Å². The van der Waals surface area contributed by atoms with Crippen molar-refractivity contribution in [1.29, 1.82) is 0 Å². The average molecular weight is 192 g/mol. The molecule has 0 fully saturated rings. The van der Waals surface area contributed by atoms with E-state index in [1.165, 1.54) is 12.1 Å². The van der Waals surface area contributed by atoms with Gasteiger partial charge in [0.05, 0.1) is 6.10 Å². The van der Waals surface area contributed by atoms with Gasteiger partial charge in [0.25, 0.3) is 0 Å². The van der Waals surface area contributed by atoms with Gasteiger partial charge < -0.3 is 5.11 Å². The second kappa shape index (κ2) is 4.78. The SMILES string of the molecule is CC#C[C@H](C)[C@@H](O)c1ccc(F)cc1. The largest absolute Gasteiger partial charge is 0.387 e. The standard InChI is InChI=1S/C12H13FO/c1-3-4-9(2)12(14)10-5-7-11(13)8-6-10/h5-9,12,14H,1-2H3/t9-,12+/m0/s1. The Bertz CT molecular complexity index is 345. The number of hydrogen-bond acceptors (Lipinski definition) is 1. The molecule has 0 spiro atoms. The van der Waals surface area contributed by atoms with Crippen molar-refractivity contribution in [3.8, 4) is 11.8 Å². The minimum atomic E-state index is -0.650. The first-order valence-electron chi connectivity index (χ1n) is 4.51. The van der Waals surface area contributed by atoms with Gasteiger partial charge in [-0.1, -0.05) is 18.1 Å². The van der Waals surface area contributed by atoms with Crippen molar-refractivity contribution in [3.05, 3.63) is 35.6 Å². The molecule has 0 aliphatic carbocycles. The van der Waals surface area contributed by atoms with Gasteiger partial charge in [-0.3, -0.25) is 0 Å². The zero-order chi connectivity index (χ0) is 10.6. The van der Waals surface area contributed by atoms with E-state index in [1.54, 1.807) is 19.1 Å². The summed E-state index contributed by atoms with van der Waals surface area (Å²) in [6.07, 6.45) is -0.650. The molecule has 0 radical (unpaired) electrons. The van der Waals surface area contributed by atoms with Gasteiger partial charge in [0.2, 0.25) is 0 Å². The predicted octanol–water partition coefficient (Wildman–Crippen LogP) is 2.52. The molecule has 0 aliphatic rings. The fourth-order valence-electron chi connectivity index (χ4n) is 1.26. The van der Waals surface area contributed by atoms with E-state index in [1.807, 2.05) is 6.92 Å². The van der Waals surface area contributed by atoms with Crippen molar-refractivity contribution in [2.75, 3.05) is 0 Å². The van der Waals surface area contributed by atoms with E-state index in [4.69, 9.17) is 0 Å². The van der Waals surface area contributed by atoms with E-state index in [0.717, 1.165) is 0 Å². The maximum atomic E-state index is 12.6. The van der Waals surface area contributed by atoms with Crippen molar-refractivity contribution >= 4 is 0 Å². The molecule has 0 heterocycles. The van der Waals surface area contributed by atoms with Crippen LogP contribution < -0.4 is 0 Å². The van der Waals surface area contributed by atoms with Crippen molar-refractivity contribution in [1.82, 2.24) is 0 Å². The van der Waals surface area contributed by atoms with E-state index in [9.17, 15) is 9.50 Å². The van der Waals surface area contributed by atoms with Crippen LogP contribution in [0.2, 0.25) is 0 Å². The molecular weight excluding hydrogens is 179 g/mol. The Kier molecular flexibility index (Phi) is 3.67. The number of aliphatic hydroxyl groups excluding tert-OH is 1. The van der Waals surface area contributed by atoms with Crippen molar-refractivity contribution in [2.45, 2.75) is 20.0 Å². The minimum absolute atomic E-state index is 0.134. The van der Waals surface area contributed by atoms with E-state index < -0.39 is 6.10 Å². The van der Waals surface area contributed by atoms with Crippen LogP contribution in [0.4, 0.5) is 4.39 Å². The summed E-state index contributed by atoms with van der Waals surface area (Å²) in [7, 11) is 0. The third kappa shape index (κ3) is 2.58. The fourth-order valence-corrected chi connectivity index (χ4v) is 1.26. The summed E-state index contributed by atoms with van der Waals surface area (Å²) < 4.78 is 12.6. The molecule has 74 valence electrons.